The summed E-state index contributed by atoms with van der Waals surface area (Å²) in [6.45, 7) is 5.13. The second-order valence-corrected chi connectivity index (χ2v) is 7.52. The number of pyridine rings is 3. The van der Waals surface area contributed by atoms with Crippen LogP contribution < -0.4 is 5.56 Å². The van der Waals surface area contributed by atoms with Gasteiger partial charge in [-0.25, -0.2) is 9.97 Å². The van der Waals surface area contributed by atoms with E-state index in [-0.39, 0.29) is 5.56 Å². The summed E-state index contributed by atoms with van der Waals surface area (Å²) in [5.41, 5.74) is 1.95. The lowest BCUT2D eigenvalue weighted by Gasteiger charge is -2.27. The van der Waals surface area contributed by atoms with Crippen LogP contribution in [0.25, 0.3) is 33.4 Å². The third-order valence-electron chi connectivity index (χ3n) is 5.10. The molecule has 0 aliphatic rings. The van der Waals surface area contributed by atoms with Crippen molar-refractivity contribution in [2.45, 2.75) is 32.4 Å². The first-order valence-corrected chi connectivity index (χ1v) is 9.31. The van der Waals surface area contributed by atoms with Gasteiger partial charge in [0, 0.05) is 35.9 Å². The van der Waals surface area contributed by atoms with Crippen molar-refractivity contribution in [2.75, 3.05) is 0 Å². The van der Waals surface area contributed by atoms with E-state index < -0.39 is 11.6 Å². The Morgan fingerprint density at radius 2 is 1.72 bits per heavy atom. The maximum atomic E-state index is 13.3. The predicted molar refractivity (Wildman–Crippen MR) is 111 cm³/mol. The minimum absolute atomic E-state index is 0.234. The molecule has 0 fully saturated rings. The number of rotatable bonds is 4. The van der Waals surface area contributed by atoms with Gasteiger partial charge < -0.3 is 5.11 Å². The van der Waals surface area contributed by atoms with Gasteiger partial charge in [0.15, 0.2) is 0 Å². The van der Waals surface area contributed by atoms with Gasteiger partial charge in [-0.15, -0.1) is 0 Å². The fraction of sp³-hybridized carbons (Fsp3) is 0.227. The van der Waals surface area contributed by atoms with Crippen LogP contribution in [-0.2, 0) is 0 Å². The fourth-order valence-corrected chi connectivity index (χ4v) is 3.13. The highest BCUT2D eigenvalue weighted by Gasteiger charge is 2.26. The fourth-order valence-electron chi connectivity index (χ4n) is 3.13. The lowest BCUT2D eigenvalue weighted by atomic mass is 10.0. The van der Waals surface area contributed by atoms with Crippen molar-refractivity contribution in [3.63, 3.8) is 0 Å². The van der Waals surface area contributed by atoms with Crippen molar-refractivity contribution in [1.82, 2.24) is 24.5 Å². The molecular formula is C22H21N5O2. The van der Waals surface area contributed by atoms with E-state index in [0.29, 0.717) is 22.3 Å². The highest BCUT2D eigenvalue weighted by Crippen LogP contribution is 2.29. The Morgan fingerprint density at radius 1 is 1.07 bits per heavy atom. The lowest BCUT2D eigenvalue weighted by Crippen LogP contribution is -2.37. The van der Waals surface area contributed by atoms with Crippen LogP contribution in [-0.4, -0.2) is 35.2 Å². The zero-order valence-corrected chi connectivity index (χ0v) is 16.4. The molecular weight excluding hydrogens is 366 g/mol. The molecule has 4 rings (SSSR count). The highest BCUT2D eigenvalue weighted by molar-refractivity contribution is 5.93. The van der Waals surface area contributed by atoms with Crippen molar-refractivity contribution in [1.29, 1.82) is 0 Å². The first-order chi connectivity index (χ1) is 13.9. The quantitative estimate of drug-likeness (QED) is 0.578. The number of fused-ring (bicyclic) bond motifs is 1. The molecule has 0 saturated carbocycles. The van der Waals surface area contributed by atoms with E-state index in [4.69, 9.17) is 4.98 Å². The molecule has 0 bridgehead atoms. The lowest BCUT2D eigenvalue weighted by molar-refractivity contribution is 0.0290. The van der Waals surface area contributed by atoms with E-state index in [9.17, 15) is 9.90 Å². The van der Waals surface area contributed by atoms with Gasteiger partial charge in [0.25, 0.3) is 5.56 Å². The molecule has 4 aromatic rings. The number of hydrogen-bond acceptors (Lipinski definition) is 6. The Labute approximate surface area is 167 Å². The number of aromatic nitrogens is 5. The topological polar surface area (TPSA) is 93.8 Å². The molecule has 1 unspecified atom stereocenters. The first-order valence-electron chi connectivity index (χ1n) is 9.31. The summed E-state index contributed by atoms with van der Waals surface area (Å²) in [5, 5.41) is 10.8. The van der Waals surface area contributed by atoms with E-state index in [1.54, 1.807) is 51.6 Å². The molecule has 0 saturated heterocycles. The Kier molecular flexibility index (Phi) is 4.68. The van der Waals surface area contributed by atoms with Crippen LogP contribution >= 0.6 is 0 Å². The third kappa shape index (κ3) is 3.52. The number of nitrogens with zero attached hydrogens (tertiary/aromatic N) is 5. The van der Waals surface area contributed by atoms with Crippen molar-refractivity contribution in [2.24, 2.45) is 0 Å². The molecule has 7 heteroatoms. The second-order valence-electron chi connectivity index (χ2n) is 7.52. The molecule has 1 N–H and O–H groups in total. The Bertz CT molecular complexity index is 1220. The predicted octanol–water partition coefficient (Wildman–Crippen LogP) is 3.25. The molecule has 7 nitrogen and oxygen atoms in total. The summed E-state index contributed by atoms with van der Waals surface area (Å²) in [6.07, 6.45) is 8.24. The number of aliphatic hydroxyl groups is 1. The van der Waals surface area contributed by atoms with Crippen LogP contribution in [0.3, 0.4) is 0 Å². The van der Waals surface area contributed by atoms with E-state index in [1.165, 1.54) is 10.9 Å². The van der Waals surface area contributed by atoms with Crippen LogP contribution in [0.2, 0.25) is 0 Å². The zero-order chi connectivity index (χ0) is 20.6. The van der Waals surface area contributed by atoms with Gasteiger partial charge in [-0.2, -0.15) is 0 Å². The van der Waals surface area contributed by atoms with Crippen LogP contribution in [0.1, 0.15) is 26.8 Å². The standard InChI is InChI=1S/C22H21N5O2/c1-14(22(2,3)29)27-13-25-20-17(21(27)28)10-18(15-6-4-8-23-11-15)26-19(20)16-7-5-9-24-12-16/h4-14,29H,1-3H3. The van der Waals surface area contributed by atoms with E-state index in [2.05, 4.69) is 15.0 Å². The average Bonchev–Trinajstić information content (AvgIpc) is 2.73. The minimum Gasteiger partial charge on any atom is -0.388 e. The van der Waals surface area contributed by atoms with Crippen molar-refractivity contribution in [3.05, 3.63) is 71.8 Å². The van der Waals surface area contributed by atoms with E-state index in [1.807, 2.05) is 24.3 Å². The Balaban J connectivity index is 2.04. The largest absolute Gasteiger partial charge is 0.388 e. The summed E-state index contributed by atoms with van der Waals surface area (Å²) >= 11 is 0. The van der Waals surface area contributed by atoms with Crippen LogP contribution in [0.5, 0.6) is 0 Å². The van der Waals surface area contributed by atoms with Gasteiger partial charge in [-0.1, -0.05) is 0 Å². The first kappa shape index (κ1) is 18.9. The Hall–Kier alpha value is -3.45. The molecule has 0 amide bonds. The summed E-state index contributed by atoms with van der Waals surface area (Å²) < 4.78 is 1.46. The summed E-state index contributed by atoms with van der Waals surface area (Å²) in [6, 6.07) is 8.69. The smallest absolute Gasteiger partial charge is 0.261 e. The molecule has 0 aliphatic carbocycles. The molecule has 1 atom stereocenters. The average molecular weight is 387 g/mol. The molecule has 0 aromatic carbocycles. The second kappa shape index (κ2) is 7.18. The van der Waals surface area contributed by atoms with Gasteiger partial charge in [-0.3, -0.25) is 19.3 Å². The molecule has 0 radical (unpaired) electrons. The Morgan fingerprint density at radius 3 is 2.31 bits per heavy atom. The van der Waals surface area contributed by atoms with Gasteiger partial charge in [-0.05, 0) is 51.1 Å². The maximum Gasteiger partial charge on any atom is 0.261 e. The van der Waals surface area contributed by atoms with Crippen molar-refractivity contribution in [3.8, 4) is 22.5 Å². The van der Waals surface area contributed by atoms with E-state index in [0.717, 1.165) is 11.1 Å². The zero-order valence-electron chi connectivity index (χ0n) is 16.4. The summed E-state index contributed by atoms with van der Waals surface area (Å²) in [7, 11) is 0. The molecule has 0 aliphatic heterocycles. The van der Waals surface area contributed by atoms with Gasteiger partial charge >= 0.3 is 0 Å². The van der Waals surface area contributed by atoms with Crippen LogP contribution in [0.15, 0.2) is 66.2 Å². The number of hydrogen-bond donors (Lipinski definition) is 1. The van der Waals surface area contributed by atoms with Crippen LogP contribution in [0, 0.1) is 0 Å². The van der Waals surface area contributed by atoms with Crippen LogP contribution in [0.4, 0.5) is 0 Å². The SMILES string of the molecule is CC(n1cnc2c(-c3cccnc3)nc(-c3cccnc3)cc2c1=O)C(C)(C)O. The van der Waals surface area contributed by atoms with E-state index >= 15 is 0 Å². The van der Waals surface area contributed by atoms with Gasteiger partial charge in [0.2, 0.25) is 0 Å². The molecule has 146 valence electrons. The summed E-state index contributed by atoms with van der Waals surface area (Å²) in [5.74, 6) is 0. The highest BCUT2D eigenvalue weighted by atomic mass is 16.3. The molecule has 4 heterocycles. The summed E-state index contributed by atoms with van der Waals surface area (Å²) in [4.78, 5) is 31.0. The molecule has 29 heavy (non-hydrogen) atoms. The van der Waals surface area contributed by atoms with Crippen molar-refractivity contribution >= 4 is 10.9 Å². The normalized spacial score (nSPS) is 12.8. The van der Waals surface area contributed by atoms with Gasteiger partial charge in [0.05, 0.1) is 34.7 Å². The maximum absolute atomic E-state index is 13.3. The minimum atomic E-state index is -1.08. The monoisotopic (exact) mass is 387 g/mol. The van der Waals surface area contributed by atoms with Gasteiger partial charge in [0.1, 0.15) is 5.52 Å². The molecule has 4 aromatic heterocycles. The molecule has 0 spiro atoms. The van der Waals surface area contributed by atoms with Crippen molar-refractivity contribution < 1.29 is 5.11 Å². The third-order valence-corrected chi connectivity index (χ3v) is 5.10.